The van der Waals surface area contributed by atoms with Gasteiger partial charge >= 0.3 is 11.9 Å². The van der Waals surface area contributed by atoms with Crippen molar-refractivity contribution in [1.82, 2.24) is 9.80 Å². The SMILES string of the molecule is CC(C)Oc1ccc(CC(=O)N(Cc2ccc(F)cc2)C2CCN(CCC3OCC[C@H](C)O3)CC2)cc1.O=C(O)C(=O)O. The molecule has 0 bridgehead atoms. The fraction of sp³-hybridized carbons (Fsp3) is 0.531. The molecule has 2 aliphatic heterocycles. The van der Waals surface area contributed by atoms with Crippen LogP contribution in [0.15, 0.2) is 48.5 Å². The molecule has 2 fully saturated rings. The molecule has 2 N–H and O–H groups in total. The second-order valence-electron chi connectivity index (χ2n) is 11.1. The fourth-order valence-corrected chi connectivity index (χ4v) is 5.07. The van der Waals surface area contributed by atoms with Crippen LogP contribution in [-0.4, -0.2) is 88.6 Å². The minimum Gasteiger partial charge on any atom is -0.491 e. The van der Waals surface area contributed by atoms with E-state index in [1.54, 1.807) is 12.1 Å². The highest BCUT2D eigenvalue weighted by Gasteiger charge is 2.29. The predicted molar refractivity (Wildman–Crippen MR) is 157 cm³/mol. The number of benzene rings is 2. The Morgan fingerprint density at radius 3 is 2.14 bits per heavy atom. The summed E-state index contributed by atoms with van der Waals surface area (Å²) in [6.07, 6.45) is 4.23. The van der Waals surface area contributed by atoms with Crippen LogP contribution in [-0.2, 0) is 36.8 Å². The highest BCUT2D eigenvalue weighted by Crippen LogP contribution is 2.23. The van der Waals surface area contributed by atoms with E-state index < -0.39 is 11.9 Å². The number of aliphatic carboxylic acids is 2. The lowest BCUT2D eigenvalue weighted by molar-refractivity contribution is -0.211. The Balaban J connectivity index is 0.000000765. The molecule has 2 atom stereocenters. The molecule has 2 saturated heterocycles. The molecule has 4 rings (SSSR count). The molecule has 2 aromatic rings. The van der Waals surface area contributed by atoms with Gasteiger partial charge in [0.05, 0.1) is 25.2 Å². The Labute approximate surface area is 252 Å². The van der Waals surface area contributed by atoms with Crippen LogP contribution in [0.25, 0.3) is 0 Å². The number of piperidine rings is 1. The molecule has 0 aromatic heterocycles. The lowest BCUT2D eigenvalue weighted by Gasteiger charge is -2.39. The zero-order valence-electron chi connectivity index (χ0n) is 25.1. The van der Waals surface area contributed by atoms with Crippen LogP contribution >= 0.6 is 0 Å². The molecule has 2 heterocycles. The summed E-state index contributed by atoms with van der Waals surface area (Å²) >= 11 is 0. The van der Waals surface area contributed by atoms with Gasteiger partial charge in [-0.2, -0.15) is 0 Å². The largest absolute Gasteiger partial charge is 0.491 e. The van der Waals surface area contributed by atoms with Gasteiger partial charge in [0.25, 0.3) is 0 Å². The number of rotatable bonds is 10. The third kappa shape index (κ3) is 11.9. The molecule has 0 saturated carbocycles. The third-order valence-corrected chi connectivity index (χ3v) is 7.31. The second-order valence-corrected chi connectivity index (χ2v) is 11.1. The number of halogens is 1. The molecule has 1 unspecified atom stereocenters. The number of likely N-dealkylation sites (tertiary alicyclic amines) is 1. The van der Waals surface area contributed by atoms with Crippen LogP contribution in [0.3, 0.4) is 0 Å². The average Bonchev–Trinajstić information content (AvgIpc) is 2.97. The van der Waals surface area contributed by atoms with Gasteiger partial charge in [0.2, 0.25) is 5.91 Å². The van der Waals surface area contributed by atoms with Gasteiger partial charge in [0.15, 0.2) is 6.29 Å². The van der Waals surface area contributed by atoms with Gasteiger partial charge < -0.3 is 34.2 Å². The van der Waals surface area contributed by atoms with Gasteiger partial charge in [0.1, 0.15) is 11.6 Å². The first-order chi connectivity index (χ1) is 20.5. The van der Waals surface area contributed by atoms with Gasteiger partial charge in [-0.25, -0.2) is 14.0 Å². The highest BCUT2D eigenvalue weighted by atomic mass is 19.1. The molecular weight excluding hydrogens is 559 g/mol. The molecule has 0 spiro atoms. The normalized spacial score (nSPS) is 19.3. The van der Waals surface area contributed by atoms with E-state index in [9.17, 15) is 9.18 Å². The molecule has 2 aromatic carbocycles. The van der Waals surface area contributed by atoms with E-state index in [4.69, 9.17) is 34.0 Å². The van der Waals surface area contributed by atoms with Crippen molar-refractivity contribution in [2.45, 2.75) is 84.0 Å². The predicted octanol–water partition coefficient (Wildman–Crippen LogP) is 4.35. The summed E-state index contributed by atoms with van der Waals surface area (Å²) in [6.45, 7) is 10.1. The van der Waals surface area contributed by atoms with Crippen LogP contribution in [0.4, 0.5) is 4.39 Å². The number of nitrogens with zero attached hydrogens (tertiary/aromatic N) is 2. The van der Waals surface area contributed by atoms with Crippen LogP contribution < -0.4 is 4.74 Å². The van der Waals surface area contributed by atoms with E-state index in [2.05, 4.69) is 11.8 Å². The molecule has 43 heavy (non-hydrogen) atoms. The summed E-state index contributed by atoms with van der Waals surface area (Å²) in [4.78, 5) is 36.2. The first-order valence-corrected chi connectivity index (χ1v) is 14.7. The fourth-order valence-electron chi connectivity index (χ4n) is 5.07. The van der Waals surface area contributed by atoms with E-state index >= 15 is 0 Å². The molecular formula is C32H43FN2O8. The summed E-state index contributed by atoms with van der Waals surface area (Å²) in [6, 6.07) is 14.4. The molecule has 236 valence electrons. The van der Waals surface area contributed by atoms with Gasteiger partial charge in [-0.3, -0.25) is 4.79 Å². The quantitative estimate of drug-likeness (QED) is 0.382. The Kier molecular flexibility index (Phi) is 13.4. The van der Waals surface area contributed by atoms with Crippen molar-refractivity contribution in [2.75, 3.05) is 26.2 Å². The number of carbonyl (C=O) groups is 3. The number of carboxylic acids is 2. The van der Waals surface area contributed by atoms with E-state index in [0.717, 1.165) is 68.8 Å². The minimum atomic E-state index is -1.82. The van der Waals surface area contributed by atoms with Crippen molar-refractivity contribution in [3.05, 3.63) is 65.5 Å². The van der Waals surface area contributed by atoms with E-state index in [-0.39, 0.29) is 36.3 Å². The first-order valence-electron chi connectivity index (χ1n) is 14.7. The van der Waals surface area contributed by atoms with Crippen molar-refractivity contribution in [3.63, 3.8) is 0 Å². The molecule has 1 amide bonds. The maximum Gasteiger partial charge on any atom is 0.414 e. The number of carboxylic acid groups (broad SMARTS) is 2. The number of hydrogen-bond donors (Lipinski definition) is 2. The van der Waals surface area contributed by atoms with Crippen molar-refractivity contribution in [1.29, 1.82) is 0 Å². The summed E-state index contributed by atoms with van der Waals surface area (Å²) < 4.78 is 30.9. The number of hydrogen-bond acceptors (Lipinski definition) is 7. The summed E-state index contributed by atoms with van der Waals surface area (Å²) in [7, 11) is 0. The second kappa shape index (κ2) is 16.9. The summed E-state index contributed by atoms with van der Waals surface area (Å²) in [5.74, 6) is -3.01. The molecule has 10 nitrogen and oxygen atoms in total. The molecule has 0 aliphatic carbocycles. The number of carbonyl (C=O) groups excluding carboxylic acids is 1. The maximum atomic E-state index is 13.6. The molecule has 2 aliphatic rings. The smallest absolute Gasteiger partial charge is 0.414 e. The van der Waals surface area contributed by atoms with Gasteiger partial charge in [-0.1, -0.05) is 24.3 Å². The Morgan fingerprint density at radius 1 is 0.977 bits per heavy atom. The third-order valence-electron chi connectivity index (χ3n) is 7.31. The van der Waals surface area contributed by atoms with Crippen molar-refractivity contribution < 1.29 is 43.2 Å². The topological polar surface area (TPSA) is 126 Å². The minimum absolute atomic E-state index is 0.0956. The van der Waals surface area contributed by atoms with Gasteiger partial charge in [0, 0.05) is 38.6 Å². The summed E-state index contributed by atoms with van der Waals surface area (Å²) in [5.41, 5.74) is 1.91. The van der Waals surface area contributed by atoms with Crippen LogP contribution in [0.1, 0.15) is 57.6 Å². The van der Waals surface area contributed by atoms with Crippen LogP contribution in [0, 0.1) is 5.82 Å². The highest BCUT2D eigenvalue weighted by molar-refractivity contribution is 6.27. The average molecular weight is 603 g/mol. The lowest BCUT2D eigenvalue weighted by Crippen LogP contribution is -2.48. The lowest BCUT2D eigenvalue weighted by atomic mass is 10.0. The first kappa shape index (κ1) is 34.0. The zero-order chi connectivity index (χ0) is 31.4. The van der Waals surface area contributed by atoms with Crippen molar-refractivity contribution >= 4 is 17.8 Å². The number of ether oxygens (including phenoxy) is 3. The van der Waals surface area contributed by atoms with Crippen LogP contribution in [0.5, 0.6) is 5.75 Å². The van der Waals surface area contributed by atoms with Gasteiger partial charge in [-0.15, -0.1) is 0 Å². The Bertz CT molecular complexity index is 1150. The maximum absolute atomic E-state index is 13.6. The Hall–Kier alpha value is -3.54. The standard InChI is InChI=1S/C30H41FN2O4.C2H2O4/c1-22(2)36-28-10-6-24(7-11-28)20-29(34)33(21-25-4-8-26(31)9-5-25)27-12-16-32(17-13-27)18-14-30-35-19-15-23(3)37-30;3-1(4)2(5)6/h4-11,22-23,27,30H,12-21H2,1-3H3;(H,3,4)(H,5,6)/t23-,30?;/m0./s1. The van der Waals surface area contributed by atoms with Crippen molar-refractivity contribution in [3.8, 4) is 5.75 Å². The molecule has 11 heteroatoms. The zero-order valence-corrected chi connectivity index (χ0v) is 25.1. The monoisotopic (exact) mass is 602 g/mol. The van der Waals surface area contributed by atoms with Gasteiger partial charge in [-0.05, 0) is 75.4 Å². The molecule has 0 radical (unpaired) electrons. The van der Waals surface area contributed by atoms with Crippen molar-refractivity contribution in [2.24, 2.45) is 0 Å². The van der Waals surface area contributed by atoms with E-state index in [1.807, 2.05) is 43.0 Å². The van der Waals surface area contributed by atoms with E-state index in [0.29, 0.717) is 13.0 Å². The van der Waals surface area contributed by atoms with E-state index in [1.165, 1.54) is 12.1 Å². The summed E-state index contributed by atoms with van der Waals surface area (Å²) in [5, 5.41) is 14.8. The Morgan fingerprint density at radius 2 is 1.58 bits per heavy atom. The van der Waals surface area contributed by atoms with Crippen LogP contribution in [0.2, 0.25) is 0 Å². The number of amides is 1.